The molecule has 0 saturated carbocycles. The molecule has 1 aromatic heterocycles. The number of hydrogen-bond donors (Lipinski definition) is 0. The van der Waals surface area contributed by atoms with Gasteiger partial charge in [0.15, 0.2) is 0 Å². The van der Waals surface area contributed by atoms with Crippen molar-refractivity contribution in [2.24, 2.45) is 0 Å². The first-order valence-corrected chi connectivity index (χ1v) is 5.26. The molecular formula is C12H9F3N2O2. The van der Waals surface area contributed by atoms with Gasteiger partial charge in [0, 0.05) is 14.1 Å². The van der Waals surface area contributed by atoms with Crippen LogP contribution in [0.15, 0.2) is 23.0 Å². The van der Waals surface area contributed by atoms with Crippen LogP contribution < -0.4 is 5.43 Å². The number of pyridine rings is 1. The van der Waals surface area contributed by atoms with Crippen LogP contribution in [0.2, 0.25) is 0 Å². The zero-order valence-corrected chi connectivity index (χ0v) is 10.1. The molecule has 0 aliphatic rings. The lowest BCUT2D eigenvalue weighted by atomic mass is 10.1. The summed E-state index contributed by atoms with van der Waals surface area (Å²) in [6.45, 7) is 0. The van der Waals surface area contributed by atoms with E-state index in [0.717, 1.165) is 23.1 Å². The maximum absolute atomic E-state index is 13.8. The summed E-state index contributed by atoms with van der Waals surface area (Å²) in [6.07, 6.45) is 0. The van der Waals surface area contributed by atoms with E-state index in [-0.39, 0.29) is 0 Å². The Kier molecular flexibility index (Phi) is 3.05. The van der Waals surface area contributed by atoms with Crippen LogP contribution >= 0.6 is 0 Å². The van der Waals surface area contributed by atoms with Gasteiger partial charge in [-0.05, 0) is 12.1 Å². The Morgan fingerprint density at radius 2 is 1.89 bits per heavy atom. The van der Waals surface area contributed by atoms with Gasteiger partial charge in [0.25, 0.3) is 5.91 Å². The molecule has 4 nitrogen and oxygen atoms in total. The minimum Gasteiger partial charge on any atom is -0.345 e. The highest BCUT2D eigenvalue weighted by Crippen LogP contribution is 2.18. The van der Waals surface area contributed by atoms with Gasteiger partial charge in [-0.2, -0.15) is 4.39 Å². The Bertz CT molecular complexity index is 738. The van der Waals surface area contributed by atoms with Crippen molar-refractivity contribution >= 4 is 16.8 Å². The van der Waals surface area contributed by atoms with Crippen molar-refractivity contribution < 1.29 is 18.1 Å². The van der Waals surface area contributed by atoms with Crippen molar-refractivity contribution in [1.82, 2.24) is 9.69 Å². The molecule has 1 amide bonds. The summed E-state index contributed by atoms with van der Waals surface area (Å²) in [5.74, 6) is -3.68. The van der Waals surface area contributed by atoms with E-state index in [0.29, 0.717) is 0 Å². The van der Waals surface area contributed by atoms with Crippen LogP contribution in [-0.4, -0.2) is 29.7 Å². The van der Waals surface area contributed by atoms with Crippen LogP contribution in [-0.2, 0) is 0 Å². The van der Waals surface area contributed by atoms with Gasteiger partial charge in [0.05, 0.1) is 10.9 Å². The molecule has 0 bridgehead atoms. The molecule has 0 unspecified atom stereocenters. The molecule has 0 spiro atoms. The van der Waals surface area contributed by atoms with Crippen molar-refractivity contribution in [2.75, 3.05) is 14.1 Å². The normalized spacial score (nSPS) is 10.8. The summed E-state index contributed by atoms with van der Waals surface area (Å²) >= 11 is 0. The Hall–Kier alpha value is -2.31. The second-order valence-electron chi connectivity index (χ2n) is 4.11. The van der Waals surface area contributed by atoms with Gasteiger partial charge < -0.3 is 4.90 Å². The number of halogens is 3. The fourth-order valence-electron chi connectivity index (χ4n) is 1.73. The van der Waals surface area contributed by atoms with Gasteiger partial charge in [0.1, 0.15) is 11.4 Å². The summed E-state index contributed by atoms with van der Waals surface area (Å²) in [4.78, 5) is 24.0. The molecule has 1 aromatic carbocycles. The SMILES string of the molecule is CN(C)C(=O)c1c(F)n(F)c2cccc(F)c2c1=O. The lowest BCUT2D eigenvalue weighted by molar-refractivity contribution is 0.0817. The summed E-state index contributed by atoms with van der Waals surface area (Å²) in [5, 5.41) is -0.656. The monoisotopic (exact) mass is 270 g/mol. The Labute approximate surface area is 105 Å². The largest absolute Gasteiger partial charge is 0.345 e. The minimum absolute atomic E-state index is 0.503. The summed E-state index contributed by atoms with van der Waals surface area (Å²) < 4.78 is 41.0. The van der Waals surface area contributed by atoms with Crippen molar-refractivity contribution in [2.45, 2.75) is 0 Å². The van der Waals surface area contributed by atoms with Gasteiger partial charge in [-0.3, -0.25) is 9.59 Å². The molecule has 2 aromatic rings. The van der Waals surface area contributed by atoms with Crippen LogP contribution in [0.5, 0.6) is 0 Å². The second-order valence-corrected chi connectivity index (χ2v) is 4.11. The minimum atomic E-state index is -1.64. The third-order valence-corrected chi connectivity index (χ3v) is 2.66. The molecule has 100 valence electrons. The maximum atomic E-state index is 13.8. The van der Waals surface area contributed by atoms with Gasteiger partial charge in [-0.25, -0.2) is 4.39 Å². The van der Waals surface area contributed by atoms with Gasteiger partial charge in [-0.1, -0.05) is 10.5 Å². The van der Waals surface area contributed by atoms with E-state index >= 15 is 0 Å². The first kappa shape index (κ1) is 13.1. The van der Waals surface area contributed by atoms with Crippen LogP contribution in [0.4, 0.5) is 13.3 Å². The molecule has 2 rings (SSSR count). The van der Waals surface area contributed by atoms with E-state index in [1.807, 2.05) is 0 Å². The molecule has 0 N–H and O–H groups in total. The third-order valence-electron chi connectivity index (χ3n) is 2.66. The molecule has 0 aliphatic heterocycles. The van der Waals surface area contributed by atoms with Crippen molar-refractivity contribution in [3.63, 3.8) is 0 Å². The molecule has 19 heavy (non-hydrogen) atoms. The number of fused-ring (bicyclic) bond motifs is 1. The van der Waals surface area contributed by atoms with Crippen LogP contribution in [0, 0.1) is 11.8 Å². The van der Waals surface area contributed by atoms with Crippen LogP contribution in [0.3, 0.4) is 0 Å². The molecule has 0 radical (unpaired) electrons. The van der Waals surface area contributed by atoms with Crippen molar-refractivity contribution in [3.8, 4) is 0 Å². The van der Waals surface area contributed by atoms with E-state index in [2.05, 4.69) is 0 Å². The van der Waals surface area contributed by atoms with Crippen molar-refractivity contribution in [1.29, 1.82) is 0 Å². The zero-order chi connectivity index (χ0) is 14.3. The summed E-state index contributed by atoms with van der Waals surface area (Å²) in [6, 6.07) is 3.12. The quantitative estimate of drug-likeness (QED) is 0.740. The van der Waals surface area contributed by atoms with E-state index in [1.165, 1.54) is 14.1 Å². The molecular weight excluding hydrogens is 261 g/mol. The average molecular weight is 270 g/mol. The van der Waals surface area contributed by atoms with E-state index in [9.17, 15) is 22.9 Å². The van der Waals surface area contributed by atoms with Gasteiger partial charge in [0.2, 0.25) is 11.4 Å². The van der Waals surface area contributed by atoms with Crippen LogP contribution in [0.25, 0.3) is 10.9 Å². The topological polar surface area (TPSA) is 42.3 Å². The zero-order valence-electron chi connectivity index (χ0n) is 10.1. The summed E-state index contributed by atoms with van der Waals surface area (Å²) in [7, 11) is 2.55. The van der Waals surface area contributed by atoms with Gasteiger partial charge in [-0.15, -0.1) is 4.79 Å². The predicted molar refractivity (Wildman–Crippen MR) is 62.6 cm³/mol. The van der Waals surface area contributed by atoms with E-state index < -0.39 is 44.4 Å². The first-order chi connectivity index (χ1) is 8.86. The number of nitrogens with zero attached hydrogens (tertiary/aromatic N) is 2. The highest BCUT2D eigenvalue weighted by molar-refractivity contribution is 5.97. The molecule has 0 saturated heterocycles. The highest BCUT2D eigenvalue weighted by atomic mass is 19.2. The summed E-state index contributed by atoms with van der Waals surface area (Å²) in [5.41, 5.74) is -2.75. The lowest BCUT2D eigenvalue weighted by Gasteiger charge is -2.12. The molecule has 7 heteroatoms. The lowest BCUT2D eigenvalue weighted by Crippen LogP contribution is -2.31. The number of hydrogen-bond acceptors (Lipinski definition) is 2. The predicted octanol–water partition coefficient (Wildman–Crippen LogP) is 1.71. The number of carbonyl (C=O) groups excluding carboxylic acids is 1. The molecule has 1 heterocycles. The number of amides is 1. The fourth-order valence-corrected chi connectivity index (χ4v) is 1.73. The Balaban J connectivity index is 2.99. The number of aromatic nitrogens is 1. The number of rotatable bonds is 1. The molecule has 0 atom stereocenters. The van der Waals surface area contributed by atoms with Crippen molar-refractivity contribution in [3.05, 3.63) is 45.8 Å². The number of benzene rings is 1. The Morgan fingerprint density at radius 1 is 1.26 bits per heavy atom. The fraction of sp³-hybridized carbons (Fsp3) is 0.167. The molecule has 0 fully saturated rings. The maximum Gasteiger partial charge on any atom is 0.262 e. The van der Waals surface area contributed by atoms with Gasteiger partial charge >= 0.3 is 0 Å². The van der Waals surface area contributed by atoms with E-state index in [1.54, 1.807) is 0 Å². The molecule has 0 aliphatic carbocycles. The van der Waals surface area contributed by atoms with E-state index in [4.69, 9.17) is 0 Å². The average Bonchev–Trinajstić information content (AvgIpc) is 2.35. The van der Waals surface area contributed by atoms with Crippen LogP contribution in [0.1, 0.15) is 10.4 Å². The number of carbonyl (C=O) groups is 1. The second kappa shape index (κ2) is 4.42. The standard InChI is InChI=1S/C12H9F3N2O2/c1-16(2)12(19)9-10(18)8-6(13)4-3-5-7(8)17(15)11(9)14/h3-5H,1-2H3. The smallest absolute Gasteiger partial charge is 0.262 e. The third kappa shape index (κ3) is 1.87. The Morgan fingerprint density at radius 3 is 2.47 bits per heavy atom. The highest BCUT2D eigenvalue weighted by Gasteiger charge is 2.25. The first-order valence-electron chi connectivity index (χ1n) is 5.26.